The molecule has 0 aromatic carbocycles. The summed E-state index contributed by atoms with van der Waals surface area (Å²) < 4.78 is 6.36. The van der Waals surface area contributed by atoms with Crippen LogP contribution in [0.1, 0.15) is 59.9 Å². The number of nitrogens with zero attached hydrogens (tertiary/aromatic N) is 4. The first-order valence-corrected chi connectivity index (χ1v) is 12.0. The molecule has 162 valence electrons. The fourth-order valence-corrected chi connectivity index (χ4v) is 6.16. The van der Waals surface area contributed by atoms with Gasteiger partial charge < -0.3 is 9.64 Å². The molecule has 4 heterocycles. The van der Waals surface area contributed by atoms with Crippen LogP contribution in [0, 0.1) is 13.8 Å². The third kappa shape index (κ3) is 4.53. The molecule has 3 aliphatic rings. The van der Waals surface area contributed by atoms with Crippen molar-refractivity contribution in [3.63, 3.8) is 0 Å². The second kappa shape index (κ2) is 8.61. The van der Waals surface area contributed by atoms with Crippen LogP contribution in [0.5, 0.6) is 0 Å². The second-order valence-electron chi connectivity index (χ2n) is 9.28. The Morgan fingerprint density at radius 3 is 2.41 bits per heavy atom. The average Bonchev–Trinajstić information content (AvgIpc) is 3.06. The Bertz CT molecular complexity index is 718. The predicted molar refractivity (Wildman–Crippen MR) is 117 cm³/mol. The Morgan fingerprint density at radius 1 is 1.14 bits per heavy atom. The average molecular weight is 421 g/mol. The van der Waals surface area contributed by atoms with Crippen molar-refractivity contribution in [1.29, 1.82) is 0 Å². The van der Waals surface area contributed by atoms with Crippen LogP contribution in [0.3, 0.4) is 0 Å². The quantitative estimate of drug-likeness (QED) is 0.753. The number of piperidine rings is 1. The van der Waals surface area contributed by atoms with Crippen LogP contribution < -0.4 is 0 Å². The summed E-state index contributed by atoms with van der Waals surface area (Å²) in [7, 11) is 0. The van der Waals surface area contributed by atoms with Crippen LogP contribution >= 0.6 is 11.3 Å². The van der Waals surface area contributed by atoms with Crippen molar-refractivity contribution in [1.82, 2.24) is 19.7 Å². The maximum Gasteiger partial charge on any atom is 0.265 e. The van der Waals surface area contributed by atoms with Crippen molar-refractivity contribution in [3.05, 3.63) is 15.6 Å². The lowest BCUT2D eigenvalue weighted by Crippen LogP contribution is -2.58. The summed E-state index contributed by atoms with van der Waals surface area (Å²) in [5.41, 5.74) is 0.834. The van der Waals surface area contributed by atoms with E-state index in [0.29, 0.717) is 12.1 Å². The molecule has 0 N–H and O–H groups in total. The summed E-state index contributed by atoms with van der Waals surface area (Å²) in [6.07, 6.45) is 4.18. The number of aryl methyl sites for hydroxylation is 2. The topological polar surface area (TPSA) is 48.9 Å². The van der Waals surface area contributed by atoms with Crippen molar-refractivity contribution >= 4 is 17.2 Å². The summed E-state index contributed by atoms with van der Waals surface area (Å²) in [6.45, 7) is 15.7. The molecule has 1 spiro atoms. The van der Waals surface area contributed by atoms with E-state index in [-0.39, 0.29) is 11.5 Å². The number of rotatable bonds is 3. The normalized spacial score (nSPS) is 26.4. The number of ether oxygens (including phenoxy) is 1. The third-order valence-electron chi connectivity index (χ3n) is 7.12. The van der Waals surface area contributed by atoms with Gasteiger partial charge in [-0.2, -0.15) is 0 Å². The molecule has 7 heteroatoms. The molecular formula is C22H36N4O2S. The lowest BCUT2D eigenvalue weighted by Gasteiger charge is -2.50. The number of aromatic nitrogens is 1. The van der Waals surface area contributed by atoms with Crippen LogP contribution in [0.15, 0.2) is 0 Å². The van der Waals surface area contributed by atoms with E-state index in [9.17, 15) is 4.79 Å². The van der Waals surface area contributed by atoms with Crippen LogP contribution in [0.2, 0.25) is 0 Å². The highest BCUT2D eigenvalue weighted by Gasteiger charge is 2.43. The number of hydrogen-bond acceptors (Lipinski definition) is 6. The molecule has 3 fully saturated rings. The first-order valence-electron chi connectivity index (χ1n) is 11.2. The summed E-state index contributed by atoms with van der Waals surface area (Å²) in [5, 5.41) is 0.968. The van der Waals surface area contributed by atoms with Crippen LogP contribution in [0.4, 0.5) is 0 Å². The van der Waals surface area contributed by atoms with Gasteiger partial charge in [0.1, 0.15) is 4.88 Å². The predicted octanol–water partition coefficient (Wildman–Crippen LogP) is 2.94. The monoisotopic (exact) mass is 420 g/mol. The van der Waals surface area contributed by atoms with Crippen molar-refractivity contribution in [3.8, 4) is 0 Å². The zero-order valence-electron chi connectivity index (χ0n) is 18.4. The van der Waals surface area contributed by atoms with Gasteiger partial charge in [-0.15, -0.1) is 11.3 Å². The lowest BCUT2D eigenvalue weighted by molar-refractivity contribution is -0.132. The molecule has 3 aliphatic heterocycles. The van der Waals surface area contributed by atoms with Gasteiger partial charge in [0.05, 0.1) is 16.3 Å². The number of likely N-dealkylation sites (tertiary alicyclic amines) is 1. The van der Waals surface area contributed by atoms with Gasteiger partial charge in [-0.1, -0.05) is 0 Å². The third-order valence-corrected chi connectivity index (χ3v) is 8.18. The van der Waals surface area contributed by atoms with Gasteiger partial charge in [0, 0.05) is 58.0 Å². The smallest absolute Gasteiger partial charge is 0.265 e. The van der Waals surface area contributed by atoms with E-state index in [1.165, 1.54) is 37.5 Å². The summed E-state index contributed by atoms with van der Waals surface area (Å²) in [5.74, 6) is 0.153. The standard InChI is InChI=1S/C22H36N4O2S/c1-16(2)24-10-12-25(13-11-24)19-5-14-28-22(15-19)6-8-26(9-7-22)21(27)20-17(3)23-18(4)29-20/h16,19H,5-15H2,1-4H3. The van der Waals surface area contributed by atoms with E-state index in [1.807, 2.05) is 18.7 Å². The van der Waals surface area contributed by atoms with Gasteiger partial charge >= 0.3 is 0 Å². The van der Waals surface area contributed by atoms with Gasteiger partial charge in [0.25, 0.3) is 5.91 Å². The van der Waals surface area contributed by atoms with E-state index in [4.69, 9.17) is 4.74 Å². The number of hydrogen-bond donors (Lipinski definition) is 0. The fraction of sp³-hybridized carbons (Fsp3) is 0.818. The number of amides is 1. The molecule has 3 saturated heterocycles. The molecule has 0 saturated carbocycles. The Morgan fingerprint density at radius 2 is 1.83 bits per heavy atom. The first-order chi connectivity index (χ1) is 13.9. The SMILES string of the molecule is Cc1nc(C)c(C(=O)N2CCC3(CC2)CC(N2CCN(C(C)C)CC2)CCO3)s1. The fourth-order valence-electron chi connectivity index (χ4n) is 5.27. The highest BCUT2D eigenvalue weighted by molar-refractivity contribution is 7.13. The van der Waals surface area contributed by atoms with Gasteiger partial charge in [0.2, 0.25) is 0 Å². The molecule has 1 unspecified atom stereocenters. The van der Waals surface area contributed by atoms with E-state index in [0.717, 1.165) is 61.0 Å². The zero-order chi connectivity index (χ0) is 20.6. The molecule has 1 aromatic rings. The largest absolute Gasteiger partial charge is 0.375 e. The summed E-state index contributed by atoms with van der Waals surface area (Å²) in [6, 6.07) is 1.28. The van der Waals surface area contributed by atoms with Gasteiger partial charge in [0.15, 0.2) is 0 Å². The van der Waals surface area contributed by atoms with Crippen molar-refractivity contribution in [2.45, 2.75) is 71.1 Å². The highest BCUT2D eigenvalue weighted by Crippen LogP contribution is 2.37. The van der Waals surface area contributed by atoms with Crippen molar-refractivity contribution < 1.29 is 9.53 Å². The summed E-state index contributed by atoms with van der Waals surface area (Å²) >= 11 is 1.52. The molecule has 1 aromatic heterocycles. The summed E-state index contributed by atoms with van der Waals surface area (Å²) in [4.78, 5) is 25.5. The maximum absolute atomic E-state index is 12.9. The van der Waals surface area contributed by atoms with Gasteiger partial charge in [-0.3, -0.25) is 14.6 Å². The zero-order valence-corrected chi connectivity index (χ0v) is 19.3. The Labute approximate surface area is 179 Å². The minimum absolute atomic E-state index is 0.0342. The molecule has 4 rings (SSSR count). The molecule has 1 amide bonds. The number of carbonyl (C=O) groups excluding carboxylic acids is 1. The molecule has 0 radical (unpaired) electrons. The molecular weight excluding hydrogens is 384 g/mol. The molecule has 0 bridgehead atoms. The Kier molecular flexibility index (Phi) is 6.30. The molecule has 0 aliphatic carbocycles. The minimum atomic E-state index is -0.0342. The first kappa shape index (κ1) is 21.2. The van der Waals surface area contributed by atoms with Crippen LogP contribution in [-0.2, 0) is 4.74 Å². The number of thiazole rings is 1. The number of carbonyl (C=O) groups is 1. The molecule has 6 nitrogen and oxygen atoms in total. The maximum atomic E-state index is 12.9. The van der Waals surface area contributed by atoms with Gasteiger partial charge in [-0.25, -0.2) is 4.98 Å². The Balaban J connectivity index is 1.33. The highest BCUT2D eigenvalue weighted by atomic mass is 32.1. The van der Waals surface area contributed by atoms with E-state index in [1.54, 1.807) is 0 Å². The molecule has 1 atom stereocenters. The van der Waals surface area contributed by atoms with Crippen LogP contribution in [-0.4, -0.2) is 89.2 Å². The van der Waals surface area contributed by atoms with E-state index < -0.39 is 0 Å². The second-order valence-corrected chi connectivity index (χ2v) is 10.5. The van der Waals surface area contributed by atoms with Gasteiger partial charge in [-0.05, 0) is 53.4 Å². The van der Waals surface area contributed by atoms with Crippen molar-refractivity contribution in [2.75, 3.05) is 45.9 Å². The number of piperazine rings is 1. The lowest BCUT2D eigenvalue weighted by atomic mass is 9.81. The van der Waals surface area contributed by atoms with Crippen molar-refractivity contribution in [2.24, 2.45) is 0 Å². The van der Waals surface area contributed by atoms with E-state index in [2.05, 4.69) is 28.6 Å². The minimum Gasteiger partial charge on any atom is -0.375 e. The van der Waals surface area contributed by atoms with Crippen LogP contribution in [0.25, 0.3) is 0 Å². The van der Waals surface area contributed by atoms with E-state index >= 15 is 0 Å². The molecule has 29 heavy (non-hydrogen) atoms. The Hall–Kier alpha value is -1.02.